The second-order valence-corrected chi connectivity index (χ2v) is 5.20. The Morgan fingerprint density at radius 2 is 1.82 bits per heavy atom. The molecule has 0 radical (unpaired) electrons. The van der Waals surface area contributed by atoms with Crippen molar-refractivity contribution in [2.45, 2.75) is 6.54 Å². The fraction of sp³-hybridized carbons (Fsp3) is 0.0588. The standard InChI is InChI=1S/C17H14ClN3O/c1-2-11-21-15-6-4-3-5-14(15)16(17(21)22)20-19-13-9-7-12(18)8-10-13/h2-10,22H,1,11H2. The van der Waals surface area contributed by atoms with Crippen molar-refractivity contribution in [1.82, 2.24) is 4.57 Å². The SMILES string of the molecule is C=CCn1c(O)c(N=Nc2ccc(Cl)cc2)c2ccccc21. The minimum Gasteiger partial charge on any atom is -0.493 e. The van der Waals surface area contributed by atoms with Gasteiger partial charge in [0.2, 0.25) is 5.88 Å². The summed E-state index contributed by atoms with van der Waals surface area (Å²) in [5, 5.41) is 20.3. The van der Waals surface area contributed by atoms with Crippen LogP contribution in [-0.2, 0) is 6.54 Å². The Hall–Kier alpha value is -2.59. The molecule has 0 atom stereocenters. The van der Waals surface area contributed by atoms with E-state index in [-0.39, 0.29) is 5.88 Å². The maximum absolute atomic E-state index is 10.4. The molecule has 1 N–H and O–H groups in total. The van der Waals surface area contributed by atoms with Crippen LogP contribution in [0, 0.1) is 0 Å². The number of fused-ring (bicyclic) bond motifs is 1. The Morgan fingerprint density at radius 3 is 2.55 bits per heavy atom. The minimum absolute atomic E-state index is 0.0822. The third kappa shape index (κ3) is 2.61. The predicted octanol–water partition coefficient (Wildman–Crippen LogP) is 5.60. The van der Waals surface area contributed by atoms with Crippen LogP contribution in [0.3, 0.4) is 0 Å². The summed E-state index contributed by atoms with van der Waals surface area (Å²) in [7, 11) is 0. The van der Waals surface area contributed by atoms with Crippen molar-refractivity contribution in [2.75, 3.05) is 0 Å². The highest BCUT2D eigenvalue weighted by Crippen LogP contribution is 2.39. The van der Waals surface area contributed by atoms with E-state index in [0.29, 0.717) is 22.9 Å². The first-order valence-corrected chi connectivity index (χ1v) is 7.17. The lowest BCUT2D eigenvalue weighted by molar-refractivity contribution is 0.431. The van der Waals surface area contributed by atoms with Gasteiger partial charge in [0.05, 0.1) is 11.2 Å². The van der Waals surface area contributed by atoms with Gasteiger partial charge in [-0.05, 0) is 30.3 Å². The molecule has 0 saturated carbocycles. The van der Waals surface area contributed by atoms with Crippen LogP contribution < -0.4 is 0 Å². The fourth-order valence-corrected chi connectivity index (χ4v) is 2.43. The molecule has 3 rings (SSSR count). The van der Waals surface area contributed by atoms with E-state index in [1.165, 1.54) is 0 Å². The lowest BCUT2D eigenvalue weighted by Gasteiger charge is -2.01. The van der Waals surface area contributed by atoms with Gasteiger partial charge in [-0.1, -0.05) is 35.9 Å². The number of rotatable bonds is 4. The first-order valence-electron chi connectivity index (χ1n) is 6.79. The van der Waals surface area contributed by atoms with Gasteiger partial charge >= 0.3 is 0 Å². The molecule has 0 aliphatic heterocycles. The van der Waals surface area contributed by atoms with E-state index in [4.69, 9.17) is 11.6 Å². The number of allylic oxidation sites excluding steroid dienone is 1. The summed E-state index contributed by atoms with van der Waals surface area (Å²) < 4.78 is 1.75. The first kappa shape index (κ1) is 14.4. The van der Waals surface area contributed by atoms with Gasteiger partial charge in [-0.15, -0.1) is 11.7 Å². The minimum atomic E-state index is 0.0822. The average molecular weight is 312 g/mol. The van der Waals surface area contributed by atoms with Crippen LogP contribution in [0.15, 0.2) is 71.4 Å². The maximum atomic E-state index is 10.4. The van der Waals surface area contributed by atoms with E-state index in [2.05, 4.69) is 16.8 Å². The molecule has 3 aromatic rings. The molecule has 0 aliphatic rings. The largest absolute Gasteiger partial charge is 0.493 e. The number of hydrogen-bond donors (Lipinski definition) is 1. The maximum Gasteiger partial charge on any atom is 0.221 e. The molecule has 0 aliphatic carbocycles. The molecule has 0 fully saturated rings. The summed E-state index contributed by atoms with van der Waals surface area (Å²) in [6.07, 6.45) is 1.73. The Labute approximate surface area is 133 Å². The monoisotopic (exact) mass is 311 g/mol. The van der Waals surface area contributed by atoms with Crippen LogP contribution >= 0.6 is 11.6 Å². The average Bonchev–Trinajstić information content (AvgIpc) is 2.80. The first-order chi connectivity index (χ1) is 10.7. The smallest absolute Gasteiger partial charge is 0.221 e. The van der Waals surface area contributed by atoms with Crippen molar-refractivity contribution in [3.05, 3.63) is 66.2 Å². The van der Waals surface area contributed by atoms with Gasteiger partial charge in [0.1, 0.15) is 0 Å². The van der Waals surface area contributed by atoms with E-state index < -0.39 is 0 Å². The topological polar surface area (TPSA) is 49.9 Å². The summed E-state index contributed by atoms with van der Waals surface area (Å²) in [6.45, 7) is 4.22. The van der Waals surface area contributed by atoms with Crippen LogP contribution in [0.2, 0.25) is 5.02 Å². The van der Waals surface area contributed by atoms with E-state index >= 15 is 0 Å². The van der Waals surface area contributed by atoms with Gasteiger partial charge in [-0.2, -0.15) is 5.11 Å². The summed E-state index contributed by atoms with van der Waals surface area (Å²) in [5.41, 5.74) is 2.02. The van der Waals surface area contributed by atoms with Gasteiger partial charge in [0.15, 0.2) is 5.69 Å². The summed E-state index contributed by atoms with van der Waals surface area (Å²) in [5.74, 6) is 0.0822. The van der Waals surface area contributed by atoms with Crippen LogP contribution in [-0.4, -0.2) is 9.67 Å². The van der Waals surface area contributed by atoms with Gasteiger partial charge in [0.25, 0.3) is 0 Å². The molecule has 2 aromatic carbocycles. The van der Waals surface area contributed by atoms with Crippen molar-refractivity contribution < 1.29 is 5.11 Å². The van der Waals surface area contributed by atoms with Crippen molar-refractivity contribution in [3.63, 3.8) is 0 Å². The molecule has 0 amide bonds. The quantitative estimate of drug-likeness (QED) is 0.494. The van der Waals surface area contributed by atoms with Crippen LogP contribution in [0.25, 0.3) is 10.9 Å². The number of hydrogen-bond acceptors (Lipinski definition) is 3. The number of benzene rings is 2. The zero-order valence-corrected chi connectivity index (χ0v) is 12.5. The Bertz CT molecular complexity index is 850. The highest BCUT2D eigenvalue weighted by molar-refractivity contribution is 6.30. The molecule has 0 bridgehead atoms. The summed E-state index contributed by atoms with van der Waals surface area (Å²) in [4.78, 5) is 0. The number of aromatic nitrogens is 1. The van der Waals surface area contributed by atoms with Crippen LogP contribution in [0.4, 0.5) is 11.4 Å². The van der Waals surface area contributed by atoms with E-state index in [1.807, 2.05) is 24.3 Å². The molecule has 22 heavy (non-hydrogen) atoms. The highest BCUT2D eigenvalue weighted by atomic mass is 35.5. The van der Waals surface area contributed by atoms with Crippen molar-refractivity contribution in [3.8, 4) is 5.88 Å². The van der Waals surface area contributed by atoms with Gasteiger partial charge in [-0.3, -0.25) is 0 Å². The summed E-state index contributed by atoms with van der Waals surface area (Å²) in [6, 6.07) is 14.7. The molecular weight excluding hydrogens is 298 g/mol. The summed E-state index contributed by atoms with van der Waals surface area (Å²) >= 11 is 5.85. The molecule has 1 aromatic heterocycles. The predicted molar refractivity (Wildman–Crippen MR) is 89.4 cm³/mol. The second-order valence-electron chi connectivity index (χ2n) is 4.77. The molecule has 0 spiro atoms. The molecule has 0 unspecified atom stereocenters. The molecule has 4 nitrogen and oxygen atoms in total. The molecule has 1 heterocycles. The van der Waals surface area contributed by atoms with Crippen molar-refractivity contribution >= 4 is 33.9 Å². The molecule has 5 heteroatoms. The van der Waals surface area contributed by atoms with E-state index in [0.717, 1.165) is 10.9 Å². The number of aromatic hydroxyl groups is 1. The van der Waals surface area contributed by atoms with Crippen LogP contribution in [0.5, 0.6) is 5.88 Å². The lowest BCUT2D eigenvalue weighted by Crippen LogP contribution is -1.92. The molecule has 110 valence electrons. The van der Waals surface area contributed by atoms with Crippen molar-refractivity contribution in [2.24, 2.45) is 10.2 Å². The Morgan fingerprint density at radius 1 is 1.09 bits per heavy atom. The van der Waals surface area contributed by atoms with Gasteiger partial charge in [-0.25, -0.2) is 0 Å². The number of azo groups is 1. The normalized spacial score (nSPS) is 11.3. The number of nitrogens with zero attached hydrogens (tertiary/aromatic N) is 3. The zero-order valence-electron chi connectivity index (χ0n) is 11.8. The zero-order chi connectivity index (χ0) is 15.5. The number of para-hydroxylation sites is 1. The Balaban J connectivity index is 2.08. The highest BCUT2D eigenvalue weighted by Gasteiger charge is 2.15. The molecule has 0 saturated heterocycles. The van der Waals surface area contributed by atoms with Crippen molar-refractivity contribution in [1.29, 1.82) is 0 Å². The third-order valence-corrected chi connectivity index (χ3v) is 3.57. The second kappa shape index (κ2) is 6.03. The van der Waals surface area contributed by atoms with Crippen LogP contribution in [0.1, 0.15) is 0 Å². The van der Waals surface area contributed by atoms with E-state index in [9.17, 15) is 5.11 Å². The fourth-order valence-electron chi connectivity index (χ4n) is 2.30. The Kier molecular flexibility index (Phi) is 3.94. The van der Waals surface area contributed by atoms with Gasteiger partial charge < -0.3 is 9.67 Å². The van der Waals surface area contributed by atoms with Gasteiger partial charge in [0, 0.05) is 17.0 Å². The molecular formula is C17H14ClN3O. The van der Waals surface area contributed by atoms with E-state index in [1.54, 1.807) is 34.9 Å². The third-order valence-electron chi connectivity index (χ3n) is 3.32. The number of halogens is 1. The lowest BCUT2D eigenvalue weighted by atomic mass is 10.2.